The molecule has 1 aliphatic rings. The zero-order chi connectivity index (χ0) is 11.8. The summed E-state index contributed by atoms with van der Waals surface area (Å²) in [5.41, 5.74) is 2.41. The van der Waals surface area contributed by atoms with Crippen molar-refractivity contribution in [3.63, 3.8) is 0 Å². The van der Waals surface area contributed by atoms with Crippen LogP contribution in [-0.2, 0) is 4.74 Å². The minimum atomic E-state index is -0.279. The lowest BCUT2D eigenvalue weighted by molar-refractivity contribution is -0.356. The molecular weight excluding hydrogens is 200 g/mol. The smallest absolute Gasteiger partial charge is 0.0512 e. The van der Waals surface area contributed by atoms with Gasteiger partial charge in [0.05, 0.1) is 5.95 Å². The van der Waals surface area contributed by atoms with Crippen molar-refractivity contribution in [2.24, 2.45) is 0 Å². The highest BCUT2D eigenvalue weighted by Crippen LogP contribution is 2.19. The predicted molar refractivity (Wildman–Crippen MR) is 64.5 cm³/mol. The number of hydrogen-bond donors (Lipinski definition) is 0. The van der Waals surface area contributed by atoms with E-state index in [0.29, 0.717) is 6.61 Å². The first kappa shape index (κ1) is 12.6. The van der Waals surface area contributed by atoms with Crippen LogP contribution in [0.5, 0.6) is 0 Å². The minimum Gasteiger partial charge on any atom is -0.614 e. The molecule has 0 spiro atoms. The van der Waals surface area contributed by atoms with Gasteiger partial charge in [0.25, 0.3) is 0 Å². The van der Waals surface area contributed by atoms with E-state index in [2.05, 4.69) is 19.1 Å². The van der Waals surface area contributed by atoms with E-state index in [9.17, 15) is 5.11 Å². The molecule has 1 rings (SSSR count). The van der Waals surface area contributed by atoms with Crippen LogP contribution in [-0.4, -0.2) is 6.61 Å². The van der Waals surface area contributed by atoms with Gasteiger partial charge in [-0.2, -0.15) is 0 Å². The largest absolute Gasteiger partial charge is 0.614 e. The van der Waals surface area contributed by atoms with E-state index in [4.69, 9.17) is 4.74 Å². The third kappa shape index (κ3) is 4.39. The molecule has 2 nitrogen and oxygen atoms in total. The average molecular weight is 219 g/mol. The second kappa shape index (κ2) is 6.94. The Bertz CT molecular complexity index is 333. The fraction of sp³-hybridized carbons (Fsp3) is 0.429. The highest BCUT2D eigenvalue weighted by Gasteiger charge is 2.00. The summed E-state index contributed by atoms with van der Waals surface area (Å²) < 4.78 is 4.81. The Morgan fingerprint density at radius 3 is 2.88 bits per heavy atom. The average Bonchev–Trinajstić information content (AvgIpc) is 2.72. The monoisotopic (exact) mass is 219 g/mol. The van der Waals surface area contributed by atoms with Gasteiger partial charge in [0, 0.05) is 0 Å². The summed E-state index contributed by atoms with van der Waals surface area (Å²) in [6.07, 6.45) is 13.1. The maximum absolute atomic E-state index is 11.1. The second-order valence-corrected chi connectivity index (χ2v) is 3.74. The van der Waals surface area contributed by atoms with Gasteiger partial charge >= 0.3 is 0 Å². The molecule has 0 aromatic carbocycles. The first-order valence-electron chi connectivity index (χ1n) is 5.86. The van der Waals surface area contributed by atoms with E-state index >= 15 is 0 Å². The number of allylic oxidation sites excluding steroid dienone is 7. The Kier molecular flexibility index (Phi) is 5.48. The van der Waals surface area contributed by atoms with Crippen molar-refractivity contribution >= 4 is 0 Å². The highest BCUT2D eigenvalue weighted by molar-refractivity contribution is 5.47. The summed E-state index contributed by atoms with van der Waals surface area (Å²) in [4.78, 5) is 0. The summed E-state index contributed by atoms with van der Waals surface area (Å²) in [5, 5.41) is 11.1. The van der Waals surface area contributed by atoms with Crippen LogP contribution in [0, 0.1) is 0 Å². The standard InChI is InChI=1S/C14H20O2/c1-3-5-6-12-7-8-13(11-12)9-10-14(15)16-4-2/h7-11,15H,3-6H2,1-2H3/p-1/b13-9+,14-10+. The van der Waals surface area contributed by atoms with Crippen molar-refractivity contribution in [3.05, 3.63) is 47.5 Å². The first-order valence-corrected chi connectivity index (χ1v) is 5.86. The fourth-order valence-electron chi connectivity index (χ4n) is 1.51. The van der Waals surface area contributed by atoms with Gasteiger partial charge in [0.1, 0.15) is 0 Å². The first-order chi connectivity index (χ1) is 7.76. The fourth-order valence-corrected chi connectivity index (χ4v) is 1.51. The molecule has 0 atom stereocenters. The van der Waals surface area contributed by atoms with Gasteiger partial charge in [-0.25, -0.2) is 0 Å². The summed E-state index contributed by atoms with van der Waals surface area (Å²) >= 11 is 0. The molecule has 88 valence electrons. The lowest BCUT2D eigenvalue weighted by atomic mass is 10.1. The van der Waals surface area contributed by atoms with E-state index in [-0.39, 0.29) is 5.95 Å². The Balaban J connectivity index is 2.51. The third-order valence-corrected chi connectivity index (χ3v) is 2.36. The van der Waals surface area contributed by atoms with Gasteiger partial charge in [-0.1, -0.05) is 44.6 Å². The van der Waals surface area contributed by atoms with E-state index in [1.165, 1.54) is 24.5 Å². The summed E-state index contributed by atoms with van der Waals surface area (Å²) in [5.74, 6) is -0.279. The van der Waals surface area contributed by atoms with E-state index in [0.717, 1.165) is 12.0 Å². The molecule has 0 fully saturated rings. The SMILES string of the molecule is CCCCC1=C/C(=C/C=C(\[O-])OCC)C=C1. The molecule has 0 saturated heterocycles. The van der Waals surface area contributed by atoms with Crippen LogP contribution in [0.4, 0.5) is 0 Å². The normalized spacial score (nSPS) is 18.0. The van der Waals surface area contributed by atoms with E-state index in [1.807, 2.05) is 6.08 Å². The van der Waals surface area contributed by atoms with Crippen molar-refractivity contribution in [3.8, 4) is 0 Å². The van der Waals surface area contributed by atoms with Crippen molar-refractivity contribution in [2.75, 3.05) is 6.61 Å². The molecule has 0 aromatic rings. The molecule has 2 heteroatoms. The van der Waals surface area contributed by atoms with Crippen LogP contribution >= 0.6 is 0 Å². The zero-order valence-corrected chi connectivity index (χ0v) is 10.0. The molecule has 0 N–H and O–H groups in total. The topological polar surface area (TPSA) is 32.3 Å². The third-order valence-electron chi connectivity index (χ3n) is 2.36. The van der Waals surface area contributed by atoms with Crippen LogP contribution < -0.4 is 5.11 Å². The second-order valence-electron chi connectivity index (χ2n) is 3.74. The highest BCUT2D eigenvalue weighted by atomic mass is 16.6. The lowest BCUT2D eigenvalue weighted by Crippen LogP contribution is -2.06. The number of unbranched alkanes of at least 4 members (excludes halogenated alkanes) is 1. The molecule has 0 amide bonds. The van der Waals surface area contributed by atoms with Crippen LogP contribution in [0.25, 0.3) is 0 Å². The molecule has 0 aromatic heterocycles. The van der Waals surface area contributed by atoms with Gasteiger partial charge in [0.2, 0.25) is 0 Å². The molecule has 0 aliphatic heterocycles. The van der Waals surface area contributed by atoms with Gasteiger partial charge < -0.3 is 9.84 Å². The summed E-state index contributed by atoms with van der Waals surface area (Å²) in [6, 6.07) is 0. The van der Waals surface area contributed by atoms with Crippen LogP contribution in [0.2, 0.25) is 0 Å². The van der Waals surface area contributed by atoms with Crippen molar-refractivity contribution in [2.45, 2.75) is 33.1 Å². The van der Waals surface area contributed by atoms with Crippen LogP contribution in [0.3, 0.4) is 0 Å². The Morgan fingerprint density at radius 2 is 2.19 bits per heavy atom. The number of ether oxygens (including phenoxy) is 1. The van der Waals surface area contributed by atoms with Crippen molar-refractivity contribution in [1.29, 1.82) is 0 Å². The Labute approximate surface area is 97.6 Å². The number of hydrogen-bond acceptors (Lipinski definition) is 2. The minimum absolute atomic E-state index is 0.279. The van der Waals surface area contributed by atoms with Crippen LogP contribution in [0.15, 0.2) is 47.5 Å². The molecule has 0 heterocycles. The van der Waals surface area contributed by atoms with Crippen molar-refractivity contribution in [1.82, 2.24) is 0 Å². The van der Waals surface area contributed by atoms with Gasteiger partial charge in [-0.3, -0.25) is 0 Å². The molecule has 16 heavy (non-hydrogen) atoms. The molecule has 0 unspecified atom stereocenters. The van der Waals surface area contributed by atoms with E-state index < -0.39 is 0 Å². The molecule has 0 saturated carbocycles. The maximum atomic E-state index is 11.1. The lowest BCUT2D eigenvalue weighted by Gasteiger charge is -2.10. The molecule has 0 radical (unpaired) electrons. The zero-order valence-electron chi connectivity index (χ0n) is 10.0. The maximum Gasteiger partial charge on any atom is 0.0512 e. The van der Waals surface area contributed by atoms with Crippen molar-refractivity contribution < 1.29 is 9.84 Å². The molecular formula is C14H19O2-. The van der Waals surface area contributed by atoms with Gasteiger partial charge in [-0.15, -0.1) is 0 Å². The molecule has 0 bridgehead atoms. The Hall–Kier alpha value is -1.44. The van der Waals surface area contributed by atoms with Gasteiger partial charge in [-0.05, 0) is 36.7 Å². The summed E-state index contributed by atoms with van der Waals surface area (Å²) in [7, 11) is 0. The predicted octanol–water partition coefficient (Wildman–Crippen LogP) is 2.84. The summed E-state index contributed by atoms with van der Waals surface area (Å²) in [6.45, 7) is 4.41. The quantitative estimate of drug-likeness (QED) is 0.643. The Morgan fingerprint density at radius 1 is 1.38 bits per heavy atom. The number of rotatable bonds is 6. The van der Waals surface area contributed by atoms with E-state index in [1.54, 1.807) is 13.0 Å². The van der Waals surface area contributed by atoms with Gasteiger partial charge in [0.15, 0.2) is 0 Å². The van der Waals surface area contributed by atoms with Crippen LogP contribution in [0.1, 0.15) is 33.1 Å². The molecule has 1 aliphatic carbocycles.